The maximum absolute atomic E-state index is 12.1. The van der Waals surface area contributed by atoms with E-state index in [0.717, 1.165) is 19.3 Å². The lowest BCUT2D eigenvalue weighted by Crippen LogP contribution is -2.16. The summed E-state index contributed by atoms with van der Waals surface area (Å²) in [4.78, 5) is 22.9. The third-order valence-corrected chi connectivity index (χ3v) is 4.81. The van der Waals surface area contributed by atoms with Gasteiger partial charge >= 0.3 is 5.97 Å². The highest BCUT2D eigenvalue weighted by Crippen LogP contribution is 2.31. The molecule has 0 heterocycles. The molecule has 1 N–H and O–H groups in total. The smallest absolute Gasteiger partial charge is 0.303 e. The van der Waals surface area contributed by atoms with Crippen molar-refractivity contribution in [2.75, 3.05) is 0 Å². The van der Waals surface area contributed by atoms with E-state index in [1.807, 2.05) is 0 Å². The van der Waals surface area contributed by atoms with Crippen LogP contribution in [-0.4, -0.2) is 21.4 Å². The van der Waals surface area contributed by atoms with Crippen molar-refractivity contribution in [3.8, 4) is 0 Å². The second kappa shape index (κ2) is 8.62. The Hall–Kier alpha value is -0.510. The fourth-order valence-corrected chi connectivity index (χ4v) is 4.08. The Kier molecular flexibility index (Phi) is 7.51. The van der Waals surface area contributed by atoms with Gasteiger partial charge in [-0.1, -0.05) is 44.9 Å². The summed E-state index contributed by atoms with van der Waals surface area (Å²) in [7, 11) is 0. The third-order valence-electron chi connectivity index (χ3n) is 3.57. The number of hydrogen-bond acceptors (Lipinski definition) is 3. The van der Waals surface area contributed by atoms with Crippen LogP contribution < -0.4 is 0 Å². The minimum atomic E-state index is -0.791. The van der Waals surface area contributed by atoms with Crippen LogP contribution in [0.5, 0.6) is 0 Å². The molecule has 1 aliphatic rings. The van der Waals surface area contributed by atoms with E-state index < -0.39 is 5.97 Å². The van der Waals surface area contributed by atoms with E-state index in [0.29, 0.717) is 17.6 Å². The second-order valence-corrected chi connectivity index (χ2v) is 7.41. The van der Waals surface area contributed by atoms with Gasteiger partial charge in [0, 0.05) is 18.1 Å². The molecule has 1 saturated carbocycles. The predicted octanol–water partition coefficient (Wildman–Crippen LogP) is 4.11. The molecule has 1 fully saturated rings. The van der Waals surface area contributed by atoms with Gasteiger partial charge in [0.1, 0.15) is 0 Å². The normalized spacial score (nSPS) is 18.5. The van der Waals surface area contributed by atoms with Crippen LogP contribution in [0.15, 0.2) is 0 Å². The number of rotatable bonds is 7. The Morgan fingerprint density at radius 3 is 2.32 bits per heavy atom. The van der Waals surface area contributed by atoms with Crippen LogP contribution in [0.1, 0.15) is 65.2 Å². The van der Waals surface area contributed by atoms with E-state index in [1.54, 1.807) is 0 Å². The monoisotopic (exact) mass is 286 g/mol. The number of thioether (sulfide) groups is 1. The van der Waals surface area contributed by atoms with Gasteiger partial charge in [0.2, 0.25) is 0 Å². The molecule has 0 unspecified atom stereocenters. The molecule has 0 saturated heterocycles. The van der Waals surface area contributed by atoms with E-state index in [4.69, 9.17) is 5.11 Å². The maximum atomic E-state index is 12.1. The zero-order valence-electron chi connectivity index (χ0n) is 12.1. The largest absolute Gasteiger partial charge is 0.481 e. The summed E-state index contributed by atoms with van der Waals surface area (Å²) in [5.74, 6) is -0.348. The van der Waals surface area contributed by atoms with Gasteiger partial charge in [0.15, 0.2) is 5.12 Å². The first kappa shape index (κ1) is 16.5. The highest BCUT2D eigenvalue weighted by molar-refractivity contribution is 8.14. The van der Waals surface area contributed by atoms with Crippen LogP contribution in [0.4, 0.5) is 0 Å². The zero-order valence-corrected chi connectivity index (χ0v) is 12.9. The Balaban J connectivity index is 2.38. The molecule has 3 nitrogen and oxygen atoms in total. The summed E-state index contributed by atoms with van der Waals surface area (Å²) in [5, 5.41) is 9.58. The van der Waals surface area contributed by atoms with Crippen molar-refractivity contribution in [1.82, 2.24) is 0 Å². The average Bonchev–Trinajstić information content (AvgIpc) is 2.27. The van der Waals surface area contributed by atoms with Gasteiger partial charge in [-0.25, -0.2) is 0 Å². The van der Waals surface area contributed by atoms with Crippen molar-refractivity contribution in [2.24, 2.45) is 11.8 Å². The summed E-state index contributed by atoms with van der Waals surface area (Å²) < 4.78 is 0. The standard InChI is InChI=1S/C15H26O3S/c1-11(2)8-12(9-14(16)17)10-15(18)19-13-6-4-3-5-7-13/h11-13H,3-10H2,1-2H3,(H,16,17)/t12-/m1/s1. The molecule has 0 spiro atoms. The molecule has 1 rings (SSSR count). The predicted molar refractivity (Wildman–Crippen MR) is 79.3 cm³/mol. The number of carboxylic acid groups (broad SMARTS) is 1. The van der Waals surface area contributed by atoms with E-state index in [9.17, 15) is 9.59 Å². The van der Waals surface area contributed by atoms with E-state index >= 15 is 0 Å². The first-order valence-electron chi connectivity index (χ1n) is 7.38. The fourth-order valence-electron chi connectivity index (χ4n) is 2.81. The maximum Gasteiger partial charge on any atom is 0.303 e. The van der Waals surface area contributed by atoms with Gasteiger partial charge in [-0.3, -0.25) is 9.59 Å². The van der Waals surface area contributed by atoms with Crippen molar-refractivity contribution in [3.63, 3.8) is 0 Å². The first-order chi connectivity index (χ1) is 8.97. The minimum Gasteiger partial charge on any atom is -0.481 e. The molecule has 1 atom stereocenters. The summed E-state index contributed by atoms with van der Waals surface area (Å²) in [6, 6.07) is 0. The molecule has 0 amide bonds. The van der Waals surface area contributed by atoms with Crippen LogP contribution in [0, 0.1) is 11.8 Å². The molecular weight excluding hydrogens is 260 g/mol. The highest BCUT2D eigenvalue weighted by atomic mass is 32.2. The summed E-state index contributed by atoms with van der Waals surface area (Å²) in [6.45, 7) is 4.15. The van der Waals surface area contributed by atoms with Gasteiger partial charge in [-0.05, 0) is 31.1 Å². The number of aliphatic carboxylic acids is 1. The Bertz CT molecular complexity index is 296. The van der Waals surface area contributed by atoms with Crippen LogP contribution in [-0.2, 0) is 9.59 Å². The first-order valence-corrected chi connectivity index (χ1v) is 8.26. The number of carbonyl (C=O) groups excluding carboxylic acids is 1. The van der Waals surface area contributed by atoms with E-state index in [2.05, 4.69) is 13.8 Å². The quantitative estimate of drug-likeness (QED) is 0.765. The van der Waals surface area contributed by atoms with E-state index in [1.165, 1.54) is 31.0 Å². The van der Waals surface area contributed by atoms with Crippen LogP contribution in [0.3, 0.4) is 0 Å². The molecule has 4 heteroatoms. The lowest BCUT2D eigenvalue weighted by atomic mass is 9.92. The van der Waals surface area contributed by atoms with Crippen molar-refractivity contribution in [2.45, 2.75) is 70.5 Å². The van der Waals surface area contributed by atoms with E-state index in [-0.39, 0.29) is 17.5 Å². The molecule has 0 aromatic rings. The van der Waals surface area contributed by atoms with Crippen LogP contribution in [0.2, 0.25) is 0 Å². The van der Waals surface area contributed by atoms with Gasteiger partial charge in [-0.2, -0.15) is 0 Å². The molecule has 0 bridgehead atoms. The summed E-state index contributed by atoms with van der Waals surface area (Å²) >= 11 is 1.47. The molecule has 0 radical (unpaired) electrons. The topological polar surface area (TPSA) is 54.4 Å². The SMILES string of the molecule is CC(C)C[C@H](CC(=O)O)CC(=O)SC1CCCCC1. The Labute approximate surface area is 120 Å². The molecule has 0 aliphatic heterocycles. The molecule has 1 aliphatic carbocycles. The Morgan fingerprint density at radius 1 is 1.16 bits per heavy atom. The molecular formula is C15H26O3S. The summed E-state index contributed by atoms with van der Waals surface area (Å²) in [5.41, 5.74) is 0. The lowest BCUT2D eigenvalue weighted by Gasteiger charge is -2.21. The van der Waals surface area contributed by atoms with Crippen LogP contribution >= 0.6 is 11.8 Å². The molecule has 110 valence electrons. The molecule has 19 heavy (non-hydrogen) atoms. The molecule has 0 aromatic heterocycles. The van der Waals surface area contributed by atoms with Crippen molar-refractivity contribution in [1.29, 1.82) is 0 Å². The third kappa shape index (κ3) is 7.61. The minimum absolute atomic E-state index is 0.00101. The lowest BCUT2D eigenvalue weighted by molar-refractivity contribution is -0.138. The van der Waals surface area contributed by atoms with Crippen molar-refractivity contribution < 1.29 is 14.7 Å². The zero-order chi connectivity index (χ0) is 14.3. The van der Waals surface area contributed by atoms with Crippen molar-refractivity contribution in [3.05, 3.63) is 0 Å². The average molecular weight is 286 g/mol. The molecule has 0 aromatic carbocycles. The number of carbonyl (C=O) groups is 2. The Morgan fingerprint density at radius 2 is 1.79 bits per heavy atom. The van der Waals surface area contributed by atoms with Gasteiger partial charge in [0.05, 0.1) is 0 Å². The van der Waals surface area contributed by atoms with Gasteiger partial charge in [0.25, 0.3) is 0 Å². The van der Waals surface area contributed by atoms with Gasteiger partial charge < -0.3 is 5.11 Å². The highest BCUT2D eigenvalue weighted by Gasteiger charge is 2.22. The second-order valence-electron chi connectivity index (χ2n) is 6.05. The van der Waals surface area contributed by atoms with Crippen molar-refractivity contribution >= 4 is 22.8 Å². The summed E-state index contributed by atoms with van der Waals surface area (Å²) in [6.07, 6.45) is 7.41. The number of hydrogen-bond donors (Lipinski definition) is 1. The van der Waals surface area contributed by atoms with Gasteiger partial charge in [-0.15, -0.1) is 0 Å². The number of carboxylic acids is 1. The fraction of sp³-hybridized carbons (Fsp3) is 0.867. The van der Waals surface area contributed by atoms with Crippen LogP contribution in [0.25, 0.3) is 0 Å².